The first kappa shape index (κ1) is 14.1. The summed E-state index contributed by atoms with van der Waals surface area (Å²) in [5.74, 6) is 0.0418. The number of imidazole rings is 1. The summed E-state index contributed by atoms with van der Waals surface area (Å²) in [5.41, 5.74) is 1.75. The van der Waals surface area contributed by atoms with Gasteiger partial charge in [-0.2, -0.15) is 0 Å². The highest BCUT2D eigenvalue weighted by atomic mass is 35.5. The number of nitrogens with zero attached hydrogens (tertiary/aromatic N) is 1. The predicted octanol–water partition coefficient (Wildman–Crippen LogP) is 3.27. The Morgan fingerprint density at radius 3 is 3.05 bits per heavy atom. The van der Waals surface area contributed by atoms with Crippen LogP contribution in [0, 0.1) is 4.77 Å². The van der Waals surface area contributed by atoms with Crippen molar-refractivity contribution in [1.82, 2.24) is 14.9 Å². The van der Waals surface area contributed by atoms with Crippen LogP contribution in [-0.4, -0.2) is 22.0 Å². The lowest BCUT2D eigenvalue weighted by Gasteiger charge is -2.05. The zero-order valence-corrected chi connectivity index (χ0v) is 12.3. The van der Waals surface area contributed by atoms with Crippen LogP contribution in [-0.2, 0) is 11.3 Å². The molecule has 2 aromatic rings. The Morgan fingerprint density at radius 2 is 2.32 bits per heavy atom. The van der Waals surface area contributed by atoms with Gasteiger partial charge < -0.3 is 14.9 Å². The van der Waals surface area contributed by atoms with Crippen molar-refractivity contribution in [3.63, 3.8) is 0 Å². The summed E-state index contributed by atoms with van der Waals surface area (Å²) >= 11 is 11.4. The lowest BCUT2D eigenvalue weighted by molar-refractivity contribution is -0.121. The number of hydrogen-bond acceptors (Lipinski definition) is 2. The van der Waals surface area contributed by atoms with Crippen LogP contribution in [0.15, 0.2) is 18.2 Å². The van der Waals surface area contributed by atoms with Gasteiger partial charge in [0.1, 0.15) is 0 Å². The molecule has 0 saturated heterocycles. The largest absolute Gasteiger partial charge is 0.356 e. The molecule has 0 fully saturated rings. The lowest BCUT2D eigenvalue weighted by Crippen LogP contribution is -2.25. The minimum absolute atomic E-state index is 0.0418. The first-order valence-corrected chi connectivity index (χ1v) is 7.06. The van der Waals surface area contributed by atoms with E-state index in [4.69, 9.17) is 23.8 Å². The second kappa shape index (κ2) is 6.21. The molecule has 2 N–H and O–H groups in total. The first-order valence-electron chi connectivity index (χ1n) is 6.27. The summed E-state index contributed by atoms with van der Waals surface area (Å²) in [6, 6.07) is 5.63. The molecule has 102 valence electrons. The summed E-state index contributed by atoms with van der Waals surface area (Å²) in [6.45, 7) is 3.29. The van der Waals surface area contributed by atoms with Crippen LogP contribution in [0.2, 0.25) is 5.02 Å². The summed E-state index contributed by atoms with van der Waals surface area (Å²) < 4.78 is 2.49. The van der Waals surface area contributed by atoms with Crippen LogP contribution in [0.1, 0.15) is 19.8 Å². The third-order valence-electron chi connectivity index (χ3n) is 2.89. The Hall–Kier alpha value is -1.33. The third-order valence-corrected chi connectivity index (χ3v) is 3.53. The average Bonchev–Trinajstić information content (AvgIpc) is 2.71. The van der Waals surface area contributed by atoms with E-state index < -0.39 is 0 Å². The molecule has 0 bridgehead atoms. The molecule has 1 aromatic heterocycles. The Labute approximate surface area is 121 Å². The van der Waals surface area contributed by atoms with Crippen LogP contribution >= 0.6 is 23.8 Å². The maximum Gasteiger partial charge on any atom is 0.221 e. The van der Waals surface area contributed by atoms with Crippen molar-refractivity contribution in [2.24, 2.45) is 0 Å². The quantitative estimate of drug-likeness (QED) is 0.832. The lowest BCUT2D eigenvalue weighted by atomic mass is 10.3. The molecule has 0 aliphatic heterocycles. The number of para-hydroxylation sites is 1. The van der Waals surface area contributed by atoms with E-state index in [-0.39, 0.29) is 5.91 Å². The number of rotatable bonds is 5. The van der Waals surface area contributed by atoms with E-state index in [2.05, 4.69) is 10.3 Å². The molecule has 19 heavy (non-hydrogen) atoms. The first-order chi connectivity index (χ1) is 9.13. The minimum atomic E-state index is 0.0418. The van der Waals surface area contributed by atoms with E-state index in [0.717, 1.165) is 17.5 Å². The van der Waals surface area contributed by atoms with Crippen molar-refractivity contribution in [2.45, 2.75) is 26.3 Å². The highest BCUT2D eigenvalue weighted by molar-refractivity contribution is 7.71. The van der Waals surface area contributed by atoms with E-state index in [1.165, 1.54) is 0 Å². The van der Waals surface area contributed by atoms with Crippen molar-refractivity contribution >= 4 is 40.8 Å². The van der Waals surface area contributed by atoms with Crippen molar-refractivity contribution in [2.75, 3.05) is 6.54 Å². The molecular formula is C13H16ClN3OS. The highest BCUT2D eigenvalue weighted by Crippen LogP contribution is 2.22. The van der Waals surface area contributed by atoms with Crippen LogP contribution in [0.4, 0.5) is 0 Å². The van der Waals surface area contributed by atoms with E-state index in [0.29, 0.717) is 29.3 Å². The Bertz CT molecular complexity index is 647. The Balaban J connectivity index is 2.17. The number of aryl methyl sites for hydroxylation is 1. The van der Waals surface area contributed by atoms with Crippen LogP contribution in [0.5, 0.6) is 0 Å². The van der Waals surface area contributed by atoms with Gasteiger partial charge in [-0.05, 0) is 30.8 Å². The van der Waals surface area contributed by atoms with Crippen LogP contribution in [0.3, 0.4) is 0 Å². The number of carbonyl (C=O) groups excluding carboxylic acids is 1. The van der Waals surface area contributed by atoms with Crippen molar-refractivity contribution in [3.8, 4) is 0 Å². The molecule has 0 aliphatic carbocycles. The number of fused-ring (bicyclic) bond motifs is 1. The number of amides is 1. The Kier molecular flexibility index (Phi) is 4.61. The summed E-state index contributed by atoms with van der Waals surface area (Å²) in [7, 11) is 0. The van der Waals surface area contributed by atoms with Gasteiger partial charge >= 0.3 is 0 Å². The van der Waals surface area contributed by atoms with Gasteiger partial charge in [-0.15, -0.1) is 0 Å². The zero-order valence-electron chi connectivity index (χ0n) is 10.7. The second-order valence-corrected chi connectivity index (χ2v) is 5.11. The van der Waals surface area contributed by atoms with Crippen LogP contribution < -0.4 is 5.32 Å². The molecule has 4 nitrogen and oxygen atoms in total. The van der Waals surface area contributed by atoms with Gasteiger partial charge in [0.15, 0.2) is 4.77 Å². The maximum absolute atomic E-state index is 11.6. The second-order valence-electron chi connectivity index (χ2n) is 4.32. The maximum atomic E-state index is 11.6. The molecule has 6 heteroatoms. The number of carbonyl (C=O) groups is 1. The number of nitrogens with one attached hydrogen (secondary N) is 2. The van der Waals surface area contributed by atoms with Crippen LogP contribution in [0.25, 0.3) is 11.0 Å². The molecular weight excluding hydrogens is 282 g/mol. The standard InChI is InChI=1S/C13H16ClN3OS/c1-2-7-15-11(18)6-8-17-10-5-3-4-9(14)12(10)16-13(17)19/h3-5H,2,6-8H2,1H3,(H,15,18)(H,16,19). The summed E-state index contributed by atoms with van der Waals surface area (Å²) in [5, 5.41) is 3.49. The van der Waals surface area contributed by atoms with Crippen molar-refractivity contribution in [3.05, 3.63) is 28.0 Å². The topological polar surface area (TPSA) is 49.8 Å². The molecule has 0 aliphatic rings. The van der Waals surface area contributed by atoms with E-state index >= 15 is 0 Å². The van der Waals surface area contributed by atoms with Crippen molar-refractivity contribution < 1.29 is 4.79 Å². The summed E-state index contributed by atoms with van der Waals surface area (Å²) in [4.78, 5) is 14.7. The van der Waals surface area contributed by atoms with Gasteiger partial charge in [-0.3, -0.25) is 4.79 Å². The number of hydrogen-bond donors (Lipinski definition) is 2. The predicted molar refractivity (Wildman–Crippen MR) is 80.1 cm³/mol. The summed E-state index contributed by atoms with van der Waals surface area (Å²) in [6.07, 6.45) is 1.35. The van der Waals surface area contributed by atoms with Gasteiger partial charge in [0.25, 0.3) is 0 Å². The van der Waals surface area contributed by atoms with Crippen molar-refractivity contribution in [1.29, 1.82) is 0 Å². The minimum Gasteiger partial charge on any atom is -0.356 e. The van der Waals surface area contributed by atoms with Gasteiger partial charge in [0, 0.05) is 19.5 Å². The van der Waals surface area contributed by atoms with Gasteiger partial charge in [0.05, 0.1) is 16.1 Å². The number of aromatic amines is 1. The molecule has 0 spiro atoms. The molecule has 0 radical (unpaired) electrons. The van der Waals surface area contributed by atoms with Gasteiger partial charge in [0.2, 0.25) is 5.91 Å². The molecule has 0 saturated carbocycles. The van der Waals surface area contributed by atoms with E-state index in [1.807, 2.05) is 29.7 Å². The fourth-order valence-electron chi connectivity index (χ4n) is 1.93. The zero-order chi connectivity index (χ0) is 13.8. The number of halogens is 1. The van der Waals surface area contributed by atoms with Gasteiger partial charge in [-0.25, -0.2) is 0 Å². The molecule has 1 aromatic carbocycles. The SMILES string of the molecule is CCCNC(=O)CCn1c(=S)[nH]c2c(Cl)cccc21. The fraction of sp³-hybridized carbons (Fsp3) is 0.385. The number of benzene rings is 1. The molecule has 0 atom stereocenters. The highest BCUT2D eigenvalue weighted by Gasteiger charge is 2.08. The fourth-order valence-corrected chi connectivity index (χ4v) is 2.44. The number of H-pyrrole nitrogens is 1. The van der Waals surface area contributed by atoms with Gasteiger partial charge in [-0.1, -0.05) is 24.6 Å². The molecule has 0 unspecified atom stereocenters. The smallest absolute Gasteiger partial charge is 0.221 e. The van der Waals surface area contributed by atoms with E-state index in [9.17, 15) is 4.79 Å². The Morgan fingerprint density at radius 1 is 1.53 bits per heavy atom. The normalized spacial score (nSPS) is 10.8. The molecule has 1 heterocycles. The molecule has 1 amide bonds. The number of aromatic nitrogens is 2. The van der Waals surface area contributed by atoms with E-state index in [1.54, 1.807) is 0 Å². The monoisotopic (exact) mass is 297 g/mol. The average molecular weight is 298 g/mol. The third kappa shape index (κ3) is 3.16. The molecule has 2 rings (SSSR count).